The SMILES string of the molecule is CC[C@@H](O)CN1CCN(C(=O)Nc2ccc(-c3ncn(C)n3)cc2)CC1. The number of aliphatic hydroxyl groups is 1. The standard InChI is InChI=1S/C18H26N6O2/c1-3-16(25)12-23-8-10-24(11-9-23)18(26)20-15-6-4-14(5-7-15)17-19-13-22(2)21-17/h4-7,13,16,25H,3,8-12H2,1-2H3,(H,20,26)/t16-/m1/s1. The number of piperazine rings is 1. The topological polar surface area (TPSA) is 86.5 Å². The third-order valence-electron chi connectivity index (χ3n) is 4.59. The predicted octanol–water partition coefficient (Wildman–Crippen LogP) is 1.40. The molecule has 8 heteroatoms. The summed E-state index contributed by atoms with van der Waals surface area (Å²) in [5.41, 5.74) is 1.66. The van der Waals surface area contributed by atoms with Gasteiger partial charge in [-0.1, -0.05) is 6.92 Å². The van der Waals surface area contributed by atoms with E-state index in [9.17, 15) is 9.90 Å². The summed E-state index contributed by atoms with van der Waals surface area (Å²) < 4.78 is 1.66. The van der Waals surface area contributed by atoms with Gasteiger partial charge in [0.25, 0.3) is 0 Å². The Hall–Kier alpha value is -2.45. The zero-order valence-electron chi connectivity index (χ0n) is 15.3. The summed E-state index contributed by atoms with van der Waals surface area (Å²) in [7, 11) is 1.83. The Morgan fingerprint density at radius 1 is 1.23 bits per heavy atom. The molecule has 0 spiro atoms. The fourth-order valence-electron chi connectivity index (χ4n) is 2.94. The van der Waals surface area contributed by atoms with Gasteiger partial charge >= 0.3 is 6.03 Å². The van der Waals surface area contributed by atoms with E-state index in [4.69, 9.17) is 0 Å². The van der Waals surface area contributed by atoms with Crippen molar-refractivity contribution in [3.63, 3.8) is 0 Å². The molecule has 1 aromatic carbocycles. The molecule has 1 aromatic heterocycles. The van der Waals surface area contributed by atoms with Gasteiger partial charge in [-0.15, -0.1) is 0 Å². The molecule has 2 N–H and O–H groups in total. The molecule has 8 nitrogen and oxygen atoms in total. The van der Waals surface area contributed by atoms with Gasteiger partial charge in [-0.25, -0.2) is 9.78 Å². The van der Waals surface area contributed by atoms with E-state index >= 15 is 0 Å². The summed E-state index contributed by atoms with van der Waals surface area (Å²) in [6, 6.07) is 7.42. The van der Waals surface area contributed by atoms with Crippen molar-refractivity contribution in [2.24, 2.45) is 7.05 Å². The lowest BCUT2D eigenvalue weighted by Crippen LogP contribution is -2.51. The highest BCUT2D eigenvalue weighted by atomic mass is 16.3. The number of benzene rings is 1. The van der Waals surface area contributed by atoms with Crippen LogP contribution in [0.15, 0.2) is 30.6 Å². The number of β-amino-alcohol motifs (C(OH)–C–C–N with tert-alkyl or cyclic N) is 1. The first kappa shape index (κ1) is 18.3. The minimum Gasteiger partial charge on any atom is -0.392 e. The van der Waals surface area contributed by atoms with Crippen molar-refractivity contribution in [2.45, 2.75) is 19.4 Å². The number of rotatable bonds is 5. The molecule has 1 aliphatic rings. The van der Waals surface area contributed by atoms with Crippen LogP contribution in [0.25, 0.3) is 11.4 Å². The third kappa shape index (κ3) is 4.59. The summed E-state index contributed by atoms with van der Waals surface area (Å²) in [5, 5.41) is 16.9. The first-order valence-corrected chi connectivity index (χ1v) is 8.97. The van der Waals surface area contributed by atoms with Crippen LogP contribution in [0, 0.1) is 0 Å². The highest BCUT2D eigenvalue weighted by Gasteiger charge is 2.22. The highest BCUT2D eigenvalue weighted by Crippen LogP contribution is 2.18. The number of hydrogen-bond donors (Lipinski definition) is 2. The molecule has 0 radical (unpaired) electrons. The molecule has 1 aliphatic heterocycles. The molecule has 1 saturated heterocycles. The molecule has 1 atom stereocenters. The molecule has 0 bridgehead atoms. The van der Waals surface area contributed by atoms with Crippen LogP contribution in [0.3, 0.4) is 0 Å². The first-order chi connectivity index (χ1) is 12.5. The zero-order valence-corrected chi connectivity index (χ0v) is 15.3. The monoisotopic (exact) mass is 358 g/mol. The minimum absolute atomic E-state index is 0.0931. The second kappa shape index (κ2) is 8.29. The van der Waals surface area contributed by atoms with Crippen molar-refractivity contribution in [3.05, 3.63) is 30.6 Å². The molecule has 140 valence electrons. The zero-order chi connectivity index (χ0) is 18.5. The highest BCUT2D eigenvalue weighted by molar-refractivity contribution is 5.89. The summed E-state index contributed by atoms with van der Waals surface area (Å²) in [6.45, 7) is 5.55. The number of aromatic nitrogens is 3. The van der Waals surface area contributed by atoms with E-state index in [1.165, 1.54) is 0 Å². The molecule has 0 aliphatic carbocycles. The number of carbonyl (C=O) groups excluding carboxylic acids is 1. The average Bonchev–Trinajstić information content (AvgIpc) is 3.09. The van der Waals surface area contributed by atoms with Gasteiger partial charge in [-0.05, 0) is 30.7 Å². The fraction of sp³-hybridized carbons (Fsp3) is 0.500. The summed E-state index contributed by atoms with van der Waals surface area (Å²) in [6.07, 6.45) is 2.12. The number of nitrogens with zero attached hydrogens (tertiary/aromatic N) is 5. The van der Waals surface area contributed by atoms with Crippen LogP contribution in [0.4, 0.5) is 10.5 Å². The Labute approximate surface area is 153 Å². The van der Waals surface area contributed by atoms with E-state index in [1.54, 1.807) is 11.0 Å². The van der Waals surface area contributed by atoms with Crippen LogP contribution < -0.4 is 5.32 Å². The van der Waals surface area contributed by atoms with Gasteiger partial charge in [0.1, 0.15) is 6.33 Å². The molecule has 2 aromatic rings. The second-order valence-electron chi connectivity index (χ2n) is 6.60. The van der Waals surface area contributed by atoms with Crippen molar-refractivity contribution in [1.82, 2.24) is 24.6 Å². The quantitative estimate of drug-likeness (QED) is 0.844. The Balaban J connectivity index is 1.51. The van der Waals surface area contributed by atoms with Gasteiger partial charge < -0.3 is 15.3 Å². The van der Waals surface area contributed by atoms with Gasteiger partial charge in [0.15, 0.2) is 5.82 Å². The van der Waals surface area contributed by atoms with Crippen molar-refractivity contribution < 1.29 is 9.90 Å². The number of hydrogen-bond acceptors (Lipinski definition) is 5. The molecule has 3 rings (SSSR count). The Morgan fingerprint density at radius 2 is 1.92 bits per heavy atom. The van der Waals surface area contributed by atoms with Crippen LogP contribution >= 0.6 is 0 Å². The van der Waals surface area contributed by atoms with Gasteiger partial charge in [0, 0.05) is 51.0 Å². The average molecular weight is 358 g/mol. The Kier molecular flexibility index (Phi) is 5.85. The van der Waals surface area contributed by atoms with E-state index in [0.29, 0.717) is 25.5 Å². The lowest BCUT2D eigenvalue weighted by molar-refractivity contribution is 0.0812. The Morgan fingerprint density at radius 3 is 2.50 bits per heavy atom. The number of carbonyl (C=O) groups is 1. The van der Waals surface area contributed by atoms with Crippen molar-refractivity contribution in [3.8, 4) is 11.4 Å². The molecular formula is C18H26N6O2. The maximum Gasteiger partial charge on any atom is 0.321 e. The lowest BCUT2D eigenvalue weighted by Gasteiger charge is -2.35. The smallest absolute Gasteiger partial charge is 0.321 e. The third-order valence-corrected chi connectivity index (χ3v) is 4.59. The van der Waals surface area contributed by atoms with E-state index in [0.717, 1.165) is 30.8 Å². The molecular weight excluding hydrogens is 332 g/mol. The second-order valence-corrected chi connectivity index (χ2v) is 6.60. The summed E-state index contributed by atoms with van der Waals surface area (Å²) >= 11 is 0. The summed E-state index contributed by atoms with van der Waals surface area (Å²) in [5.74, 6) is 0.663. The van der Waals surface area contributed by atoms with Gasteiger partial charge in [0.2, 0.25) is 0 Å². The van der Waals surface area contributed by atoms with Crippen molar-refractivity contribution >= 4 is 11.7 Å². The van der Waals surface area contributed by atoms with Crippen LogP contribution in [-0.2, 0) is 7.05 Å². The van der Waals surface area contributed by atoms with E-state index in [2.05, 4.69) is 20.3 Å². The normalized spacial score (nSPS) is 16.5. The maximum absolute atomic E-state index is 12.4. The first-order valence-electron chi connectivity index (χ1n) is 8.97. The minimum atomic E-state index is -0.289. The van der Waals surface area contributed by atoms with Crippen LogP contribution in [-0.4, -0.2) is 74.5 Å². The number of nitrogens with one attached hydrogen (secondary N) is 1. The molecule has 26 heavy (non-hydrogen) atoms. The van der Waals surface area contributed by atoms with Crippen molar-refractivity contribution in [1.29, 1.82) is 0 Å². The molecule has 2 heterocycles. The van der Waals surface area contributed by atoms with Crippen LogP contribution in [0.1, 0.15) is 13.3 Å². The number of amides is 2. The number of anilines is 1. The van der Waals surface area contributed by atoms with Gasteiger partial charge in [0.05, 0.1) is 6.10 Å². The number of aliphatic hydroxyl groups excluding tert-OH is 1. The molecule has 0 unspecified atom stereocenters. The molecule has 2 amide bonds. The van der Waals surface area contributed by atoms with Crippen LogP contribution in [0.5, 0.6) is 0 Å². The van der Waals surface area contributed by atoms with E-state index in [-0.39, 0.29) is 12.1 Å². The summed E-state index contributed by atoms with van der Waals surface area (Å²) in [4.78, 5) is 20.7. The molecule has 0 saturated carbocycles. The Bertz CT molecular complexity index is 722. The fourth-order valence-corrected chi connectivity index (χ4v) is 2.94. The number of urea groups is 1. The largest absolute Gasteiger partial charge is 0.392 e. The van der Waals surface area contributed by atoms with Crippen molar-refractivity contribution in [2.75, 3.05) is 38.0 Å². The van der Waals surface area contributed by atoms with Gasteiger partial charge in [-0.2, -0.15) is 5.10 Å². The van der Waals surface area contributed by atoms with Crippen LogP contribution in [0.2, 0.25) is 0 Å². The predicted molar refractivity (Wildman–Crippen MR) is 99.8 cm³/mol. The van der Waals surface area contributed by atoms with Gasteiger partial charge in [-0.3, -0.25) is 9.58 Å². The van der Waals surface area contributed by atoms with E-state index in [1.807, 2.05) is 43.1 Å². The lowest BCUT2D eigenvalue weighted by atomic mass is 10.2. The maximum atomic E-state index is 12.4. The molecule has 1 fully saturated rings. The number of aryl methyl sites for hydroxylation is 1. The van der Waals surface area contributed by atoms with E-state index < -0.39 is 0 Å².